The van der Waals surface area contributed by atoms with Crippen molar-refractivity contribution in [2.45, 2.75) is 96.0 Å². The van der Waals surface area contributed by atoms with Crippen molar-refractivity contribution in [3.05, 3.63) is 21.7 Å². The van der Waals surface area contributed by atoms with Crippen molar-refractivity contribution in [2.75, 3.05) is 12.4 Å². The van der Waals surface area contributed by atoms with Crippen LogP contribution in [0.3, 0.4) is 0 Å². The first-order chi connectivity index (χ1) is 13.4. The molecule has 1 amide bonds. The van der Waals surface area contributed by atoms with Crippen LogP contribution in [0.5, 0.6) is 0 Å². The minimum atomic E-state index is -0.198. The Bertz CT molecular complexity index is 746. The third-order valence-corrected chi connectivity index (χ3v) is 6.60. The van der Waals surface area contributed by atoms with E-state index in [2.05, 4.69) is 4.98 Å². The lowest BCUT2D eigenvalue weighted by atomic mass is 9.97. The van der Waals surface area contributed by atoms with Crippen LogP contribution in [0.4, 0.5) is 0 Å². The predicted molar refractivity (Wildman–Crippen MR) is 112 cm³/mol. The van der Waals surface area contributed by atoms with Crippen molar-refractivity contribution >= 4 is 17.7 Å². The van der Waals surface area contributed by atoms with Gasteiger partial charge >= 0.3 is 5.69 Å². The Kier molecular flexibility index (Phi) is 7.20. The topological polar surface area (TPSA) is 64.4 Å². The van der Waals surface area contributed by atoms with Gasteiger partial charge in [0.05, 0.1) is 18.4 Å². The molecule has 0 radical (unpaired) electrons. The number of amides is 1. The van der Waals surface area contributed by atoms with Gasteiger partial charge in [-0.1, -0.05) is 11.8 Å². The number of nitrogens with zero attached hydrogens (tertiary/aromatic N) is 3. The standard InChI is InChI=1S/C21H33N3O3S/c1-14(2)24(15(3)4)19(25)13-28-20-17-9-5-6-10-18(17)23(21(26)22-20)12-16-8-7-11-27-16/h14-16H,5-13H2,1-4H3. The Labute approximate surface area is 172 Å². The van der Waals surface area contributed by atoms with Gasteiger partial charge in [-0.25, -0.2) is 4.79 Å². The molecule has 28 heavy (non-hydrogen) atoms. The van der Waals surface area contributed by atoms with Crippen LogP contribution in [0.15, 0.2) is 9.82 Å². The highest BCUT2D eigenvalue weighted by Gasteiger charge is 2.25. The SMILES string of the molecule is CC(C)N(C(=O)CSc1nc(=O)n(CC2CCCO2)c2c1CCCC2)C(C)C. The van der Waals surface area contributed by atoms with E-state index in [9.17, 15) is 9.59 Å². The van der Waals surface area contributed by atoms with Crippen LogP contribution in [0, 0.1) is 0 Å². The molecule has 1 aliphatic heterocycles. The van der Waals surface area contributed by atoms with Gasteiger partial charge in [-0.3, -0.25) is 9.36 Å². The average molecular weight is 408 g/mol. The van der Waals surface area contributed by atoms with Crippen molar-refractivity contribution < 1.29 is 9.53 Å². The lowest BCUT2D eigenvalue weighted by Gasteiger charge is -2.31. The first-order valence-corrected chi connectivity index (χ1v) is 11.5. The summed E-state index contributed by atoms with van der Waals surface area (Å²) in [5, 5.41) is 0.754. The van der Waals surface area contributed by atoms with Gasteiger partial charge < -0.3 is 9.64 Å². The number of hydrogen-bond acceptors (Lipinski definition) is 5. The Hall–Kier alpha value is -1.34. The van der Waals surface area contributed by atoms with E-state index < -0.39 is 0 Å². The monoisotopic (exact) mass is 407 g/mol. The van der Waals surface area contributed by atoms with Crippen LogP contribution in [-0.4, -0.2) is 50.9 Å². The first kappa shape index (κ1) is 21.4. The van der Waals surface area contributed by atoms with E-state index in [0.717, 1.165) is 55.9 Å². The van der Waals surface area contributed by atoms with Crippen LogP contribution in [-0.2, 0) is 28.9 Å². The van der Waals surface area contributed by atoms with E-state index >= 15 is 0 Å². The fourth-order valence-corrected chi connectivity index (χ4v) is 5.37. The molecular weight excluding hydrogens is 374 g/mol. The zero-order valence-electron chi connectivity index (χ0n) is 17.6. The second-order valence-corrected chi connectivity index (χ2v) is 9.32. The highest BCUT2D eigenvalue weighted by atomic mass is 32.2. The summed E-state index contributed by atoms with van der Waals surface area (Å²) in [5.41, 5.74) is 2.08. The minimum absolute atomic E-state index is 0.102. The summed E-state index contributed by atoms with van der Waals surface area (Å²) in [5.74, 6) is 0.426. The number of aromatic nitrogens is 2. The molecule has 0 aromatic carbocycles. The van der Waals surface area contributed by atoms with Gasteiger partial charge in [-0.2, -0.15) is 4.98 Å². The van der Waals surface area contributed by atoms with Gasteiger partial charge in [0.15, 0.2) is 0 Å². The fraction of sp³-hybridized carbons (Fsp3) is 0.762. The molecule has 0 N–H and O–H groups in total. The normalized spacial score (nSPS) is 19.3. The summed E-state index contributed by atoms with van der Waals surface area (Å²) >= 11 is 1.43. The Morgan fingerprint density at radius 2 is 1.93 bits per heavy atom. The highest BCUT2D eigenvalue weighted by Crippen LogP contribution is 2.29. The third-order valence-electron chi connectivity index (χ3n) is 5.59. The molecule has 1 fully saturated rings. The zero-order chi connectivity index (χ0) is 20.3. The quantitative estimate of drug-likeness (QED) is 0.513. The largest absolute Gasteiger partial charge is 0.376 e. The molecule has 156 valence electrons. The number of carbonyl (C=O) groups is 1. The van der Waals surface area contributed by atoms with Gasteiger partial charge in [0.2, 0.25) is 5.91 Å². The van der Waals surface area contributed by atoms with Crippen LogP contribution in [0.2, 0.25) is 0 Å². The molecule has 1 atom stereocenters. The highest BCUT2D eigenvalue weighted by molar-refractivity contribution is 7.99. The number of rotatable bonds is 7. The van der Waals surface area contributed by atoms with Gasteiger partial charge in [0.25, 0.3) is 0 Å². The van der Waals surface area contributed by atoms with Gasteiger partial charge in [0, 0.05) is 29.9 Å². The molecule has 0 spiro atoms. The van der Waals surface area contributed by atoms with Crippen LogP contribution < -0.4 is 5.69 Å². The number of fused-ring (bicyclic) bond motifs is 1. The van der Waals surface area contributed by atoms with Crippen LogP contribution in [0.25, 0.3) is 0 Å². The van der Waals surface area contributed by atoms with E-state index in [4.69, 9.17) is 4.74 Å². The second-order valence-electron chi connectivity index (χ2n) is 8.35. The van der Waals surface area contributed by atoms with E-state index in [1.54, 1.807) is 0 Å². The number of hydrogen-bond donors (Lipinski definition) is 0. The van der Waals surface area contributed by atoms with Gasteiger partial charge in [-0.05, 0) is 66.2 Å². The summed E-state index contributed by atoms with van der Waals surface area (Å²) in [6, 6.07) is 0.323. The Morgan fingerprint density at radius 1 is 1.21 bits per heavy atom. The minimum Gasteiger partial charge on any atom is -0.376 e. The Morgan fingerprint density at radius 3 is 2.57 bits per heavy atom. The van der Waals surface area contributed by atoms with Crippen molar-refractivity contribution in [3.8, 4) is 0 Å². The summed E-state index contributed by atoms with van der Waals surface area (Å²) in [6.07, 6.45) is 6.24. The van der Waals surface area contributed by atoms with Crippen LogP contribution >= 0.6 is 11.8 Å². The van der Waals surface area contributed by atoms with E-state index in [1.165, 1.54) is 17.3 Å². The molecule has 1 aromatic heterocycles. The van der Waals surface area contributed by atoms with E-state index in [1.807, 2.05) is 37.2 Å². The van der Waals surface area contributed by atoms with Gasteiger partial charge in [0.1, 0.15) is 5.03 Å². The van der Waals surface area contributed by atoms with Crippen molar-refractivity contribution in [1.82, 2.24) is 14.5 Å². The molecule has 1 unspecified atom stereocenters. The maximum Gasteiger partial charge on any atom is 0.348 e. The van der Waals surface area contributed by atoms with E-state index in [0.29, 0.717) is 12.3 Å². The lowest BCUT2D eigenvalue weighted by molar-refractivity contribution is -0.131. The van der Waals surface area contributed by atoms with E-state index in [-0.39, 0.29) is 29.8 Å². The molecule has 2 aliphatic rings. The smallest absolute Gasteiger partial charge is 0.348 e. The van der Waals surface area contributed by atoms with Crippen molar-refractivity contribution in [3.63, 3.8) is 0 Å². The molecule has 1 saturated heterocycles. The summed E-state index contributed by atoms with van der Waals surface area (Å²) in [4.78, 5) is 31.8. The number of carbonyl (C=O) groups excluding carboxylic acids is 1. The number of thioether (sulfide) groups is 1. The van der Waals surface area contributed by atoms with Crippen molar-refractivity contribution in [1.29, 1.82) is 0 Å². The van der Waals surface area contributed by atoms with Crippen molar-refractivity contribution in [2.24, 2.45) is 0 Å². The summed E-state index contributed by atoms with van der Waals surface area (Å²) in [6.45, 7) is 9.54. The van der Waals surface area contributed by atoms with Gasteiger partial charge in [-0.15, -0.1) is 0 Å². The second kappa shape index (κ2) is 9.44. The maximum atomic E-state index is 12.8. The Balaban J connectivity index is 1.81. The first-order valence-electron chi connectivity index (χ1n) is 10.6. The number of ether oxygens (including phenoxy) is 1. The molecule has 1 aromatic rings. The summed E-state index contributed by atoms with van der Waals surface area (Å²) in [7, 11) is 0. The zero-order valence-corrected chi connectivity index (χ0v) is 18.4. The fourth-order valence-electron chi connectivity index (χ4n) is 4.42. The molecule has 3 rings (SSSR count). The average Bonchev–Trinajstić information content (AvgIpc) is 3.15. The van der Waals surface area contributed by atoms with Crippen LogP contribution in [0.1, 0.15) is 64.6 Å². The third kappa shape index (κ3) is 4.79. The molecule has 0 saturated carbocycles. The summed E-state index contributed by atoms with van der Waals surface area (Å²) < 4.78 is 7.58. The molecule has 1 aliphatic carbocycles. The predicted octanol–water partition coefficient (Wildman–Crippen LogP) is 3.04. The molecule has 0 bridgehead atoms. The molecular formula is C21H33N3O3S. The molecule has 2 heterocycles. The molecule has 6 nitrogen and oxygen atoms in total. The lowest BCUT2D eigenvalue weighted by Crippen LogP contribution is -2.43. The maximum absolute atomic E-state index is 12.8. The molecule has 7 heteroatoms.